The van der Waals surface area contributed by atoms with Gasteiger partial charge in [0, 0.05) is 24.7 Å². The summed E-state index contributed by atoms with van der Waals surface area (Å²) in [6.45, 7) is 0.0334. The van der Waals surface area contributed by atoms with Crippen molar-refractivity contribution >= 4 is 17.5 Å². The molecule has 2 amide bonds. The lowest BCUT2D eigenvalue weighted by molar-refractivity contribution is -0.137. The molecule has 0 bridgehead atoms. The number of rotatable bonds is 6. The molecule has 0 aliphatic rings. The lowest BCUT2D eigenvalue weighted by Crippen LogP contribution is -2.26. The standard InChI is InChI=1S/C18H15F5N2O2/c19-12-6-7-14(15(20)10-12)17(27)24-8-2-5-16(26)25-13-4-1-3-11(9-13)18(21,22)23/h1,3-4,6-7,9-10H,2,5,8H2,(H,24,27)(H,25,26). The van der Waals surface area contributed by atoms with Crippen molar-refractivity contribution in [2.75, 3.05) is 11.9 Å². The fourth-order valence-corrected chi connectivity index (χ4v) is 2.22. The molecule has 0 spiro atoms. The number of carbonyl (C=O) groups excluding carboxylic acids is 2. The van der Waals surface area contributed by atoms with Gasteiger partial charge < -0.3 is 10.6 Å². The summed E-state index contributed by atoms with van der Waals surface area (Å²) in [5.74, 6) is -3.10. The van der Waals surface area contributed by atoms with E-state index in [0.29, 0.717) is 6.07 Å². The molecule has 9 heteroatoms. The van der Waals surface area contributed by atoms with E-state index in [1.807, 2.05) is 0 Å². The zero-order valence-electron chi connectivity index (χ0n) is 13.9. The summed E-state index contributed by atoms with van der Waals surface area (Å²) in [5.41, 5.74) is -1.20. The maximum Gasteiger partial charge on any atom is 0.416 e. The summed E-state index contributed by atoms with van der Waals surface area (Å²) in [7, 11) is 0. The zero-order chi connectivity index (χ0) is 20.0. The molecule has 4 nitrogen and oxygen atoms in total. The van der Waals surface area contributed by atoms with Crippen LogP contribution in [0.2, 0.25) is 0 Å². The summed E-state index contributed by atoms with van der Waals surface area (Å²) in [6.07, 6.45) is -4.40. The third-order valence-corrected chi connectivity index (χ3v) is 3.52. The highest BCUT2D eigenvalue weighted by atomic mass is 19.4. The number of halogens is 5. The number of nitrogens with one attached hydrogen (secondary N) is 2. The Bertz CT molecular complexity index is 837. The van der Waals surface area contributed by atoms with Crippen LogP contribution in [0.3, 0.4) is 0 Å². The van der Waals surface area contributed by atoms with Gasteiger partial charge in [0.05, 0.1) is 11.1 Å². The van der Waals surface area contributed by atoms with Crippen LogP contribution in [0.25, 0.3) is 0 Å². The first-order valence-corrected chi connectivity index (χ1v) is 7.87. The van der Waals surface area contributed by atoms with Crippen molar-refractivity contribution in [1.29, 1.82) is 0 Å². The predicted octanol–water partition coefficient (Wildman–Crippen LogP) is 4.13. The molecule has 0 radical (unpaired) electrons. The van der Waals surface area contributed by atoms with Crippen LogP contribution in [0, 0.1) is 11.6 Å². The van der Waals surface area contributed by atoms with Crippen molar-refractivity contribution in [3.05, 3.63) is 65.2 Å². The number of amides is 2. The van der Waals surface area contributed by atoms with Gasteiger partial charge in [0.2, 0.25) is 5.91 Å². The van der Waals surface area contributed by atoms with Crippen LogP contribution in [0.4, 0.5) is 27.6 Å². The van der Waals surface area contributed by atoms with Gasteiger partial charge in [-0.3, -0.25) is 9.59 Å². The van der Waals surface area contributed by atoms with Gasteiger partial charge in [-0.25, -0.2) is 8.78 Å². The molecule has 0 saturated heterocycles. The Balaban J connectivity index is 1.79. The molecule has 144 valence electrons. The van der Waals surface area contributed by atoms with Gasteiger partial charge in [-0.15, -0.1) is 0 Å². The molecule has 2 rings (SSSR count). The maximum absolute atomic E-state index is 13.5. The minimum Gasteiger partial charge on any atom is -0.352 e. The fraction of sp³-hybridized carbons (Fsp3) is 0.222. The summed E-state index contributed by atoms with van der Waals surface area (Å²) >= 11 is 0. The molecule has 0 aliphatic carbocycles. The SMILES string of the molecule is O=C(CCCNC(=O)c1ccc(F)cc1F)Nc1cccc(C(F)(F)F)c1. The molecule has 0 aliphatic heterocycles. The lowest BCUT2D eigenvalue weighted by Gasteiger charge is -2.10. The van der Waals surface area contributed by atoms with E-state index >= 15 is 0 Å². The minimum atomic E-state index is -4.51. The number of hydrogen-bond donors (Lipinski definition) is 2. The summed E-state index contributed by atoms with van der Waals surface area (Å²) in [4.78, 5) is 23.5. The van der Waals surface area contributed by atoms with Gasteiger partial charge in [-0.05, 0) is 36.8 Å². The second-order valence-corrected chi connectivity index (χ2v) is 5.61. The normalized spacial score (nSPS) is 11.1. The van der Waals surface area contributed by atoms with E-state index in [1.54, 1.807) is 0 Å². The van der Waals surface area contributed by atoms with E-state index in [1.165, 1.54) is 12.1 Å². The first-order valence-electron chi connectivity index (χ1n) is 7.87. The molecule has 0 unspecified atom stereocenters. The van der Waals surface area contributed by atoms with Crippen LogP contribution < -0.4 is 10.6 Å². The fourth-order valence-electron chi connectivity index (χ4n) is 2.22. The number of benzene rings is 2. The van der Waals surface area contributed by atoms with Crippen LogP contribution in [-0.2, 0) is 11.0 Å². The molecule has 0 saturated carbocycles. The van der Waals surface area contributed by atoms with Gasteiger partial charge in [-0.2, -0.15) is 13.2 Å². The highest BCUT2D eigenvalue weighted by molar-refractivity contribution is 5.94. The Hall–Kier alpha value is -2.97. The second kappa shape index (κ2) is 8.61. The highest BCUT2D eigenvalue weighted by Gasteiger charge is 2.30. The van der Waals surface area contributed by atoms with E-state index in [4.69, 9.17) is 0 Å². The van der Waals surface area contributed by atoms with E-state index in [-0.39, 0.29) is 30.6 Å². The van der Waals surface area contributed by atoms with Gasteiger partial charge >= 0.3 is 6.18 Å². The van der Waals surface area contributed by atoms with E-state index < -0.39 is 35.2 Å². The molecule has 27 heavy (non-hydrogen) atoms. The summed E-state index contributed by atoms with van der Waals surface area (Å²) in [5, 5.41) is 4.71. The summed E-state index contributed by atoms with van der Waals surface area (Å²) < 4.78 is 64.1. The molecule has 2 aromatic carbocycles. The lowest BCUT2D eigenvalue weighted by atomic mass is 10.2. The van der Waals surface area contributed by atoms with Gasteiger partial charge in [0.15, 0.2) is 0 Å². The maximum atomic E-state index is 13.5. The Kier molecular flexibility index (Phi) is 6.49. The molecule has 2 N–H and O–H groups in total. The van der Waals surface area contributed by atoms with E-state index in [0.717, 1.165) is 24.3 Å². The van der Waals surface area contributed by atoms with Crippen molar-refractivity contribution < 1.29 is 31.5 Å². The van der Waals surface area contributed by atoms with Gasteiger partial charge in [-0.1, -0.05) is 6.07 Å². The minimum absolute atomic E-state index is 0.00671. The number of alkyl halides is 3. The van der Waals surface area contributed by atoms with Gasteiger partial charge in [0.1, 0.15) is 11.6 Å². The van der Waals surface area contributed by atoms with Crippen molar-refractivity contribution in [2.45, 2.75) is 19.0 Å². The molecule has 0 aromatic heterocycles. The molecule has 0 fully saturated rings. The number of carbonyl (C=O) groups is 2. The largest absolute Gasteiger partial charge is 0.416 e. The van der Waals surface area contributed by atoms with Crippen molar-refractivity contribution in [3.8, 4) is 0 Å². The third kappa shape index (κ3) is 6.05. The topological polar surface area (TPSA) is 58.2 Å². The first kappa shape index (κ1) is 20.3. The molecule has 2 aromatic rings. The van der Waals surface area contributed by atoms with Crippen molar-refractivity contribution in [2.24, 2.45) is 0 Å². The number of anilines is 1. The summed E-state index contributed by atoms with van der Waals surface area (Å²) in [6, 6.07) is 6.73. The highest BCUT2D eigenvalue weighted by Crippen LogP contribution is 2.30. The Morgan fingerprint density at radius 1 is 1.00 bits per heavy atom. The molecular formula is C18H15F5N2O2. The molecule has 0 heterocycles. The zero-order valence-corrected chi connectivity index (χ0v) is 13.9. The first-order chi connectivity index (χ1) is 12.7. The molecule has 0 atom stereocenters. The third-order valence-electron chi connectivity index (χ3n) is 3.52. The smallest absolute Gasteiger partial charge is 0.352 e. The van der Waals surface area contributed by atoms with Crippen LogP contribution >= 0.6 is 0 Å². The van der Waals surface area contributed by atoms with Crippen LogP contribution in [0.5, 0.6) is 0 Å². The van der Waals surface area contributed by atoms with E-state index in [9.17, 15) is 31.5 Å². The Labute approximate surface area is 151 Å². The predicted molar refractivity (Wildman–Crippen MR) is 88.0 cm³/mol. The number of hydrogen-bond acceptors (Lipinski definition) is 2. The van der Waals surface area contributed by atoms with Crippen LogP contribution in [0.1, 0.15) is 28.8 Å². The average molecular weight is 386 g/mol. The van der Waals surface area contributed by atoms with Crippen LogP contribution in [0.15, 0.2) is 42.5 Å². The van der Waals surface area contributed by atoms with Crippen molar-refractivity contribution in [1.82, 2.24) is 5.32 Å². The van der Waals surface area contributed by atoms with Gasteiger partial charge in [0.25, 0.3) is 5.91 Å². The quantitative estimate of drug-likeness (QED) is 0.579. The average Bonchev–Trinajstić information content (AvgIpc) is 2.58. The monoisotopic (exact) mass is 386 g/mol. The Morgan fingerprint density at radius 2 is 1.74 bits per heavy atom. The molecular weight excluding hydrogens is 371 g/mol. The second-order valence-electron chi connectivity index (χ2n) is 5.61. The Morgan fingerprint density at radius 3 is 2.41 bits per heavy atom. The van der Waals surface area contributed by atoms with E-state index in [2.05, 4.69) is 10.6 Å². The van der Waals surface area contributed by atoms with Crippen LogP contribution in [-0.4, -0.2) is 18.4 Å². The van der Waals surface area contributed by atoms with Crippen molar-refractivity contribution in [3.63, 3.8) is 0 Å².